The van der Waals surface area contributed by atoms with E-state index in [4.69, 9.17) is 0 Å². The SMILES string of the molecule is CCNC(=NCCCn1nc(C)cc1C)NCCCS(=O)(=O)c1ccccc1. The molecule has 2 rings (SSSR count). The number of rotatable bonds is 10. The lowest BCUT2D eigenvalue weighted by molar-refractivity contribution is 0.567. The molecule has 154 valence electrons. The van der Waals surface area contributed by atoms with Gasteiger partial charge in [-0.1, -0.05) is 18.2 Å². The van der Waals surface area contributed by atoms with E-state index in [-0.39, 0.29) is 5.75 Å². The molecule has 0 atom stereocenters. The smallest absolute Gasteiger partial charge is 0.191 e. The summed E-state index contributed by atoms with van der Waals surface area (Å²) in [5.41, 5.74) is 2.19. The molecule has 7 nitrogen and oxygen atoms in total. The Balaban J connectivity index is 1.75. The highest BCUT2D eigenvalue weighted by molar-refractivity contribution is 7.91. The second-order valence-corrected chi connectivity index (χ2v) is 8.79. The van der Waals surface area contributed by atoms with E-state index in [9.17, 15) is 8.42 Å². The van der Waals surface area contributed by atoms with Gasteiger partial charge in [0.1, 0.15) is 0 Å². The fourth-order valence-electron chi connectivity index (χ4n) is 2.87. The number of benzene rings is 1. The molecule has 0 saturated carbocycles. The number of aliphatic imine (C=N–C) groups is 1. The molecular weight excluding hydrogens is 374 g/mol. The minimum atomic E-state index is -3.23. The number of nitrogens with zero attached hydrogens (tertiary/aromatic N) is 3. The zero-order chi connectivity index (χ0) is 20.4. The molecule has 0 bridgehead atoms. The fourth-order valence-corrected chi connectivity index (χ4v) is 4.20. The van der Waals surface area contributed by atoms with Crippen molar-refractivity contribution in [3.05, 3.63) is 47.8 Å². The van der Waals surface area contributed by atoms with Crippen LogP contribution in [0.15, 0.2) is 46.3 Å². The highest BCUT2D eigenvalue weighted by Crippen LogP contribution is 2.10. The van der Waals surface area contributed by atoms with Crippen LogP contribution in [-0.2, 0) is 16.4 Å². The molecular formula is C20H31N5O2S. The highest BCUT2D eigenvalue weighted by Gasteiger charge is 2.13. The van der Waals surface area contributed by atoms with Crippen LogP contribution >= 0.6 is 0 Å². The number of aryl methyl sites for hydroxylation is 3. The fraction of sp³-hybridized carbons (Fsp3) is 0.500. The van der Waals surface area contributed by atoms with Crippen molar-refractivity contribution < 1.29 is 8.42 Å². The quantitative estimate of drug-likeness (QED) is 0.360. The molecule has 1 aromatic carbocycles. The van der Waals surface area contributed by atoms with Gasteiger partial charge in [-0.05, 0) is 51.8 Å². The van der Waals surface area contributed by atoms with Crippen LogP contribution in [0.1, 0.15) is 31.2 Å². The molecule has 8 heteroatoms. The molecule has 0 saturated heterocycles. The number of hydrogen-bond acceptors (Lipinski definition) is 4. The minimum absolute atomic E-state index is 0.112. The third-order valence-electron chi connectivity index (χ3n) is 4.23. The van der Waals surface area contributed by atoms with E-state index >= 15 is 0 Å². The first-order valence-corrected chi connectivity index (χ1v) is 11.4. The van der Waals surface area contributed by atoms with E-state index in [1.165, 1.54) is 0 Å². The van der Waals surface area contributed by atoms with E-state index in [2.05, 4.69) is 33.7 Å². The number of hydrogen-bond donors (Lipinski definition) is 2. The van der Waals surface area contributed by atoms with Gasteiger partial charge >= 0.3 is 0 Å². The summed E-state index contributed by atoms with van der Waals surface area (Å²) in [6, 6.07) is 10.6. The molecule has 0 unspecified atom stereocenters. The Morgan fingerprint density at radius 2 is 1.89 bits per heavy atom. The summed E-state index contributed by atoms with van der Waals surface area (Å²) in [7, 11) is -3.23. The second-order valence-electron chi connectivity index (χ2n) is 6.68. The predicted molar refractivity (Wildman–Crippen MR) is 113 cm³/mol. The van der Waals surface area contributed by atoms with Gasteiger partial charge in [-0.3, -0.25) is 9.67 Å². The molecule has 0 aliphatic rings. The van der Waals surface area contributed by atoms with Crippen molar-refractivity contribution in [1.82, 2.24) is 20.4 Å². The van der Waals surface area contributed by atoms with Gasteiger partial charge in [-0.2, -0.15) is 5.10 Å². The summed E-state index contributed by atoms with van der Waals surface area (Å²) in [5, 5.41) is 10.9. The van der Waals surface area contributed by atoms with E-state index < -0.39 is 9.84 Å². The first-order chi connectivity index (χ1) is 13.4. The first kappa shape index (κ1) is 21.9. The molecule has 0 aliphatic heterocycles. The van der Waals surface area contributed by atoms with Gasteiger partial charge < -0.3 is 10.6 Å². The maximum absolute atomic E-state index is 12.3. The number of nitrogens with one attached hydrogen (secondary N) is 2. The van der Waals surface area contributed by atoms with Crippen molar-refractivity contribution >= 4 is 15.8 Å². The average Bonchev–Trinajstić information content (AvgIpc) is 3.00. The van der Waals surface area contributed by atoms with Crippen molar-refractivity contribution in [2.75, 3.05) is 25.4 Å². The normalized spacial score (nSPS) is 12.2. The number of guanidine groups is 1. The highest BCUT2D eigenvalue weighted by atomic mass is 32.2. The molecule has 1 heterocycles. The van der Waals surface area contributed by atoms with Gasteiger partial charge in [0.25, 0.3) is 0 Å². The third-order valence-corrected chi connectivity index (χ3v) is 6.05. The van der Waals surface area contributed by atoms with Crippen LogP contribution in [0.2, 0.25) is 0 Å². The summed E-state index contributed by atoms with van der Waals surface area (Å²) in [6.45, 7) is 8.87. The third kappa shape index (κ3) is 6.99. The van der Waals surface area contributed by atoms with Gasteiger partial charge in [0.15, 0.2) is 15.8 Å². The molecule has 0 spiro atoms. The van der Waals surface area contributed by atoms with E-state index in [1.54, 1.807) is 24.3 Å². The Hall–Kier alpha value is -2.35. The summed E-state index contributed by atoms with van der Waals surface area (Å²) in [6.07, 6.45) is 1.41. The van der Waals surface area contributed by atoms with Crippen molar-refractivity contribution in [2.45, 2.75) is 45.1 Å². The van der Waals surface area contributed by atoms with Crippen LogP contribution in [0.5, 0.6) is 0 Å². The summed E-state index contributed by atoms with van der Waals surface area (Å²) < 4.78 is 26.6. The molecule has 0 aliphatic carbocycles. The predicted octanol–water partition coefficient (Wildman–Crippen LogP) is 2.31. The standard InChI is InChI=1S/C20H31N5O2S/c1-4-21-20(22-12-8-14-25-18(3)16-17(2)24-25)23-13-9-15-28(26,27)19-10-6-5-7-11-19/h5-7,10-11,16H,4,8-9,12-15H2,1-3H3,(H2,21,22,23). The van der Waals surface area contributed by atoms with Crippen molar-refractivity contribution in [3.8, 4) is 0 Å². The Labute approximate surface area is 168 Å². The van der Waals surface area contributed by atoms with Crippen LogP contribution in [0.3, 0.4) is 0 Å². The van der Waals surface area contributed by atoms with E-state index in [0.717, 1.165) is 30.9 Å². The van der Waals surface area contributed by atoms with Gasteiger partial charge in [-0.15, -0.1) is 0 Å². The first-order valence-electron chi connectivity index (χ1n) is 9.73. The monoisotopic (exact) mass is 405 g/mol. The van der Waals surface area contributed by atoms with Crippen molar-refractivity contribution in [1.29, 1.82) is 0 Å². The number of aromatic nitrogens is 2. The Morgan fingerprint density at radius 3 is 2.54 bits per heavy atom. The Morgan fingerprint density at radius 1 is 1.14 bits per heavy atom. The summed E-state index contributed by atoms with van der Waals surface area (Å²) in [5.74, 6) is 0.828. The molecule has 2 N–H and O–H groups in total. The molecule has 0 amide bonds. The van der Waals surface area contributed by atoms with Crippen LogP contribution < -0.4 is 10.6 Å². The minimum Gasteiger partial charge on any atom is -0.357 e. The zero-order valence-corrected chi connectivity index (χ0v) is 17.8. The topological polar surface area (TPSA) is 88.4 Å². The summed E-state index contributed by atoms with van der Waals surface area (Å²) >= 11 is 0. The largest absolute Gasteiger partial charge is 0.357 e. The number of sulfone groups is 1. The molecule has 1 aromatic heterocycles. The molecule has 0 fully saturated rings. The lowest BCUT2D eigenvalue weighted by atomic mass is 10.4. The average molecular weight is 406 g/mol. The van der Waals surface area contributed by atoms with Crippen molar-refractivity contribution in [2.24, 2.45) is 4.99 Å². The lowest BCUT2D eigenvalue weighted by Gasteiger charge is -2.11. The molecule has 2 aromatic rings. The Kier molecular flexibility index (Phi) is 8.50. The Bertz CT molecular complexity index is 860. The van der Waals surface area contributed by atoms with Crippen LogP contribution in [0, 0.1) is 13.8 Å². The van der Waals surface area contributed by atoms with Crippen LogP contribution in [0.25, 0.3) is 0 Å². The maximum atomic E-state index is 12.3. The van der Waals surface area contributed by atoms with Crippen molar-refractivity contribution in [3.63, 3.8) is 0 Å². The van der Waals surface area contributed by atoms with Crippen LogP contribution in [0.4, 0.5) is 0 Å². The van der Waals surface area contributed by atoms with Gasteiger partial charge in [0.2, 0.25) is 0 Å². The van der Waals surface area contributed by atoms with Gasteiger partial charge in [0, 0.05) is 31.9 Å². The molecule has 0 radical (unpaired) electrons. The second kappa shape index (κ2) is 10.8. The van der Waals surface area contributed by atoms with Gasteiger partial charge in [-0.25, -0.2) is 8.42 Å². The van der Waals surface area contributed by atoms with Gasteiger partial charge in [0.05, 0.1) is 16.3 Å². The summed E-state index contributed by atoms with van der Waals surface area (Å²) in [4.78, 5) is 4.94. The van der Waals surface area contributed by atoms with E-state index in [1.807, 2.05) is 24.6 Å². The van der Waals surface area contributed by atoms with E-state index in [0.29, 0.717) is 30.4 Å². The van der Waals surface area contributed by atoms with Crippen LogP contribution in [-0.4, -0.2) is 49.5 Å². The zero-order valence-electron chi connectivity index (χ0n) is 17.0. The molecule has 28 heavy (non-hydrogen) atoms. The lowest BCUT2D eigenvalue weighted by Crippen LogP contribution is -2.38. The maximum Gasteiger partial charge on any atom is 0.191 e.